The van der Waals surface area contributed by atoms with Gasteiger partial charge in [0.25, 0.3) is 0 Å². The van der Waals surface area contributed by atoms with E-state index in [0.717, 1.165) is 11.1 Å². The van der Waals surface area contributed by atoms with Gasteiger partial charge in [-0.15, -0.1) is 0 Å². The lowest BCUT2D eigenvalue weighted by Gasteiger charge is -2.40. The third-order valence-electron chi connectivity index (χ3n) is 4.75. The van der Waals surface area contributed by atoms with Gasteiger partial charge in [-0.3, -0.25) is 9.59 Å². The van der Waals surface area contributed by atoms with E-state index in [9.17, 15) is 18.0 Å². The van der Waals surface area contributed by atoms with Gasteiger partial charge in [0, 0.05) is 26.6 Å². The molecular weight excluding hydrogens is 364 g/mol. The summed E-state index contributed by atoms with van der Waals surface area (Å²) in [6, 6.07) is 12.1. The molecule has 0 spiro atoms. The quantitative estimate of drug-likeness (QED) is 0.795. The molecule has 1 aliphatic rings. The average molecular weight is 386 g/mol. The maximum atomic E-state index is 12.1. The summed E-state index contributed by atoms with van der Waals surface area (Å²) in [7, 11) is -3.26. The van der Waals surface area contributed by atoms with E-state index in [0.29, 0.717) is 17.9 Å². The highest BCUT2D eigenvalue weighted by atomic mass is 32.2. The van der Waals surface area contributed by atoms with Gasteiger partial charge in [-0.05, 0) is 42.3 Å². The summed E-state index contributed by atoms with van der Waals surface area (Å²) in [5, 5.41) is 0. The first kappa shape index (κ1) is 19.1. The number of nitrogens with zero attached hydrogens (tertiary/aromatic N) is 2. The third kappa shape index (κ3) is 3.60. The first-order valence-corrected chi connectivity index (χ1v) is 10.5. The number of amides is 2. The fraction of sp³-hybridized carbons (Fsp3) is 0.300. The second-order valence-corrected chi connectivity index (χ2v) is 8.88. The summed E-state index contributed by atoms with van der Waals surface area (Å²) in [5.41, 5.74) is 3.06. The first-order chi connectivity index (χ1) is 12.6. The molecular formula is C20H22N2O4S. The molecule has 27 heavy (non-hydrogen) atoms. The van der Waals surface area contributed by atoms with Crippen LogP contribution in [0.5, 0.6) is 0 Å². The Balaban J connectivity index is 2.10. The highest BCUT2D eigenvalue weighted by Crippen LogP contribution is 2.39. The molecule has 2 aromatic rings. The standard InChI is InChI=1S/C20H22N2O4S/c1-13-12-21(14(2)23)20-11-17(7-10-19(20)22(13)15(3)24)16-5-8-18(9-6-16)27(4,25)26/h5-11,13H,12H2,1-4H3/t13-/m0/s1. The largest absolute Gasteiger partial charge is 0.309 e. The Labute approximate surface area is 159 Å². The van der Waals surface area contributed by atoms with E-state index in [2.05, 4.69) is 0 Å². The lowest BCUT2D eigenvalue weighted by molar-refractivity contribution is -0.118. The molecule has 1 aliphatic heterocycles. The Morgan fingerprint density at radius 2 is 1.52 bits per heavy atom. The molecule has 2 aromatic carbocycles. The summed E-state index contributed by atoms with van der Waals surface area (Å²) in [6.45, 7) is 5.37. The number of hydrogen-bond donors (Lipinski definition) is 0. The van der Waals surface area contributed by atoms with Crippen LogP contribution in [-0.2, 0) is 19.4 Å². The van der Waals surface area contributed by atoms with Crippen LogP contribution in [0.2, 0.25) is 0 Å². The van der Waals surface area contributed by atoms with Gasteiger partial charge in [0.15, 0.2) is 9.84 Å². The molecule has 1 atom stereocenters. The maximum absolute atomic E-state index is 12.1. The summed E-state index contributed by atoms with van der Waals surface area (Å²) >= 11 is 0. The lowest BCUT2D eigenvalue weighted by atomic mass is 10.0. The Bertz CT molecular complexity index is 1010. The second kappa shape index (κ2) is 6.81. The van der Waals surface area contributed by atoms with Crippen molar-refractivity contribution in [1.29, 1.82) is 0 Å². The molecule has 2 amide bonds. The van der Waals surface area contributed by atoms with E-state index >= 15 is 0 Å². The van der Waals surface area contributed by atoms with Crippen LogP contribution in [0.3, 0.4) is 0 Å². The molecule has 3 rings (SSSR count). The van der Waals surface area contributed by atoms with E-state index < -0.39 is 9.84 Å². The number of fused-ring (bicyclic) bond motifs is 1. The van der Waals surface area contributed by atoms with Crippen molar-refractivity contribution in [2.24, 2.45) is 0 Å². The van der Waals surface area contributed by atoms with Crippen molar-refractivity contribution in [1.82, 2.24) is 0 Å². The van der Waals surface area contributed by atoms with E-state index in [4.69, 9.17) is 0 Å². The summed E-state index contributed by atoms with van der Waals surface area (Å²) in [6.07, 6.45) is 1.17. The van der Waals surface area contributed by atoms with Gasteiger partial charge in [-0.25, -0.2) is 8.42 Å². The smallest absolute Gasteiger partial charge is 0.224 e. The summed E-state index contributed by atoms with van der Waals surface area (Å²) < 4.78 is 23.3. The topological polar surface area (TPSA) is 74.8 Å². The number of benzene rings is 2. The predicted molar refractivity (Wildman–Crippen MR) is 106 cm³/mol. The molecule has 142 valence electrons. The zero-order valence-corrected chi connectivity index (χ0v) is 16.6. The molecule has 0 aromatic heterocycles. The molecule has 6 nitrogen and oxygen atoms in total. The van der Waals surface area contributed by atoms with Crippen LogP contribution >= 0.6 is 0 Å². The summed E-state index contributed by atoms with van der Waals surface area (Å²) in [5.74, 6) is -0.159. The monoisotopic (exact) mass is 386 g/mol. The van der Waals surface area contributed by atoms with Crippen molar-refractivity contribution in [3.63, 3.8) is 0 Å². The van der Waals surface area contributed by atoms with Gasteiger partial charge >= 0.3 is 0 Å². The van der Waals surface area contributed by atoms with Gasteiger partial charge < -0.3 is 9.80 Å². The Morgan fingerprint density at radius 3 is 2.04 bits per heavy atom. The number of rotatable bonds is 2. The fourth-order valence-corrected chi connectivity index (χ4v) is 4.11. The Kier molecular flexibility index (Phi) is 4.82. The van der Waals surface area contributed by atoms with E-state index in [-0.39, 0.29) is 22.8 Å². The minimum atomic E-state index is -3.26. The molecule has 0 N–H and O–H groups in total. The van der Waals surface area contributed by atoms with Crippen LogP contribution in [0.25, 0.3) is 11.1 Å². The number of carbonyl (C=O) groups excluding carboxylic acids is 2. The maximum Gasteiger partial charge on any atom is 0.224 e. The van der Waals surface area contributed by atoms with Gasteiger partial charge in [-0.1, -0.05) is 18.2 Å². The molecule has 0 unspecified atom stereocenters. The number of carbonyl (C=O) groups is 2. The molecule has 0 saturated heterocycles. The van der Waals surface area contributed by atoms with Crippen molar-refractivity contribution in [3.8, 4) is 11.1 Å². The van der Waals surface area contributed by atoms with Crippen molar-refractivity contribution in [2.75, 3.05) is 22.6 Å². The summed E-state index contributed by atoms with van der Waals surface area (Å²) in [4.78, 5) is 27.9. The molecule has 0 saturated carbocycles. The number of hydrogen-bond acceptors (Lipinski definition) is 4. The predicted octanol–water partition coefficient (Wildman–Crippen LogP) is 2.87. The second-order valence-electron chi connectivity index (χ2n) is 6.87. The van der Waals surface area contributed by atoms with Gasteiger partial charge in [0.05, 0.1) is 22.3 Å². The van der Waals surface area contributed by atoms with Crippen molar-refractivity contribution < 1.29 is 18.0 Å². The van der Waals surface area contributed by atoms with Crippen LogP contribution in [0.15, 0.2) is 47.4 Å². The van der Waals surface area contributed by atoms with Crippen LogP contribution in [0.1, 0.15) is 20.8 Å². The van der Waals surface area contributed by atoms with Crippen molar-refractivity contribution in [3.05, 3.63) is 42.5 Å². The Hall–Kier alpha value is -2.67. The molecule has 0 aliphatic carbocycles. The minimum absolute atomic E-state index is 0.0720. The first-order valence-electron chi connectivity index (χ1n) is 8.62. The van der Waals surface area contributed by atoms with Crippen LogP contribution in [0.4, 0.5) is 11.4 Å². The molecule has 7 heteroatoms. The van der Waals surface area contributed by atoms with Crippen LogP contribution in [-0.4, -0.2) is 39.1 Å². The zero-order valence-electron chi connectivity index (χ0n) is 15.8. The van der Waals surface area contributed by atoms with Crippen LogP contribution < -0.4 is 9.80 Å². The fourth-order valence-electron chi connectivity index (χ4n) is 3.48. The van der Waals surface area contributed by atoms with E-state index in [1.807, 2.05) is 25.1 Å². The molecule has 1 heterocycles. The highest BCUT2D eigenvalue weighted by molar-refractivity contribution is 7.90. The third-order valence-corrected chi connectivity index (χ3v) is 5.88. The SMILES string of the molecule is CC(=O)N1C[C@H](C)N(C(C)=O)c2ccc(-c3ccc(S(C)(=O)=O)cc3)cc21. The van der Waals surface area contributed by atoms with Crippen LogP contribution in [0, 0.1) is 0 Å². The molecule has 0 radical (unpaired) electrons. The zero-order chi connectivity index (χ0) is 19.9. The van der Waals surface area contributed by atoms with Gasteiger partial charge in [0.2, 0.25) is 11.8 Å². The lowest BCUT2D eigenvalue weighted by Crippen LogP contribution is -2.50. The van der Waals surface area contributed by atoms with Crippen molar-refractivity contribution >= 4 is 33.0 Å². The number of sulfone groups is 1. The minimum Gasteiger partial charge on any atom is -0.309 e. The Morgan fingerprint density at radius 1 is 0.926 bits per heavy atom. The highest BCUT2D eigenvalue weighted by Gasteiger charge is 2.32. The molecule has 0 fully saturated rings. The molecule has 0 bridgehead atoms. The van der Waals surface area contributed by atoms with Crippen molar-refractivity contribution in [2.45, 2.75) is 31.7 Å². The average Bonchev–Trinajstić information content (AvgIpc) is 2.59. The van der Waals surface area contributed by atoms with Gasteiger partial charge in [-0.2, -0.15) is 0 Å². The van der Waals surface area contributed by atoms with Gasteiger partial charge in [0.1, 0.15) is 0 Å². The number of anilines is 2. The van der Waals surface area contributed by atoms with E-state index in [1.165, 1.54) is 20.1 Å². The van der Waals surface area contributed by atoms with E-state index in [1.54, 1.807) is 34.1 Å². The normalized spacial score (nSPS) is 16.8.